The Labute approximate surface area is 89.3 Å². The van der Waals surface area contributed by atoms with Crippen LogP contribution in [0.25, 0.3) is 0 Å². The summed E-state index contributed by atoms with van der Waals surface area (Å²) in [6.07, 6.45) is 0.780. The highest BCUT2D eigenvalue weighted by atomic mass is 16.3. The maximum Gasteiger partial charge on any atom is 0.228 e. The zero-order valence-corrected chi connectivity index (χ0v) is 8.60. The lowest BCUT2D eigenvalue weighted by atomic mass is 10.1. The highest BCUT2D eigenvalue weighted by Crippen LogP contribution is 2.19. The summed E-state index contributed by atoms with van der Waals surface area (Å²) in [5.41, 5.74) is 1.14. The summed E-state index contributed by atoms with van der Waals surface area (Å²) in [4.78, 5) is 13.5. The zero-order chi connectivity index (χ0) is 10.7. The molecule has 80 valence electrons. The van der Waals surface area contributed by atoms with Crippen molar-refractivity contribution in [2.24, 2.45) is 5.92 Å². The van der Waals surface area contributed by atoms with Crippen LogP contribution in [0.4, 0.5) is 0 Å². The molecule has 0 saturated carbocycles. The SMILES string of the molecule is O=C1C(CO)CCN1Cc1ccccc1. The van der Waals surface area contributed by atoms with Gasteiger partial charge in [-0.25, -0.2) is 0 Å². The fourth-order valence-electron chi connectivity index (χ4n) is 1.93. The first kappa shape index (κ1) is 10.2. The second-order valence-corrected chi connectivity index (χ2v) is 3.91. The predicted molar refractivity (Wildman–Crippen MR) is 57.1 cm³/mol. The second kappa shape index (κ2) is 4.45. The molecule has 0 bridgehead atoms. The van der Waals surface area contributed by atoms with Crippen molar-refractivity contribution in [1.82, 2.24) is 4.90 Å². The average molecular weight is 205 g/mol. The molecular formula is C12H15NO2. The number of likely N-dealkylation sites (tertiary alicyclic amines) is 1. The van der Waals surface area contributed by atoms with Gasteiger partial charge in [-0.2, -0.15) is 0 Å². The highest BCUT2D eigenvalue weighted by Gasteiger charge is 2.30. The Hall–Kier alpha value is -1.35. The van der Waals surface area contributed by atoms with Gasteiger partial charge in [0.25, 0.3) is 0 Å². The molecule has 1 fully saturated rings. The summed E-state index contributed by atoms with van der Waals surface area (Å²) in [6, 6.07) is 9.93. The lowest BCUT2D eigenvalue weighted by Crippen LogP contribution is -2.27. The molecule has 0 aliphatic carbocycles. The molecule has 1 unspecified atom stereocenters. The summed E-state index contributed by atoms with van der Waals surface area (Å²) in [6.45, 7) is 1.40. The van der Waals surface area contributed by atoms with Crippen LogP contribution in [0.15, 0.2) is 30.3 Å². The molecule has 3 heteroatoms. The molecule has 1 aliphatic rings. The topological polar surface area (TPSA) is 40.5 Å². The fraction of sp³-hybridized carbons (Fsp3) is 0.417. The standard InChI is InChI=1S/C12H15NO2/c14-9-11-6-7-13(12(11)15)8-10-4-2-1-3-5-10/h1-5,11,14H,6-9H2. The van der Waals surface area contributed by atoms with Crippen molar-refractivity contribution < 1.29 is 9.90 Å². The molecule has 1 saturated heterocycles. The van der Waals surface area contributed by atoms with Gasteiger partial charge in [-0.15, -0.1) is 0 Å². The molecule has 1 aromatic rings. The Kier molecular flexibility index (Phi) is 3.02. The van der Waals surface area contributed by atoms with E-state index in [1.807, 2.05) is 35.2 Å². The molecule has 1 atom stereocenters. The van der Waals surface area contributed by atoms with E-state index in [4.69, 9.17) is 5.11 Å². The minimum Gasteiger partial charge on any atom is -0.396 e. The summed E-state index contributed by atoms with van der Waals surface area (Å²) in [7, 11) is 0. The van der Waals surface area contributed by atoms with Crippen molar-refractivity contribution in [2.75, 3.05) is 13.2 Å². The normalized spacial score (nSPS) is 21.0. The first-order valence-electron chi connectivity index (χ1n) is 5.25. The van der Waals surface area contributed by atoms with Crippen LogP contribution in [0, 0.1) is 5.92 Å². The van der Waals surface area contributed by atoms with Gasteiger partial charge in [0.2, 0.25) is 5.91 Å². The Bertz CT molecular complexity index is 337. The smallest absolute Gasteiger partial charge is 0.228 e. The van der Waals surface area contributed by atoms with E-state index in [2.05, 4.69) is 0 Å². The third-order valence-electron chi connectivity index (χ3n) is 2.85. The first-order chi connectivity index (χ1) is 7.31. The number of nitrogens with zero attached hydrogens (tertiary/aromatic N) is 1. The van der Waals surface area contributed by atoms with Gasteiger partial charge in [0.1, 0.15) is 0 Å². The van der Waals surface area contributed by atoms with E-state index in [1.54, 1.807) is 0 Å². The highest BCUT2D eigenvalue weighted by molar-refractivity contribution is 5.80. The van der Waals surface area contributed by atoms with Gasteiger partial charge < -0.3 is 10.0 Å². The molecular weight excluding hydrogens is 190 g/mol. The molecule has 1 amide bonds. The number of aliphatic hydroxyl groups is 1. The number of carbonyl (C=O) groups excluding carboxylic acids is 1. The van der Waals surface area contributed by atoms with E-state index >= 15 is 0 Å². The Balaban J connectivity index is 2.00. The molecule has 0 spiro atoms. The van der Waals surface area contributed by atoms with Crippen LogP contribution in [0.3, 0.4) is 0 Å². The van der Waals surface area contributed by atoms with Crippen LogP contribution in [-0.2, 0) is 11.3 Å². The van der Waals surface area contributed by atoms with Gasteiger partial charge in [0.05, 0.1) is 12.5 Å². The van der Waals surface area contributed by atoms with Crippen molar-refractivity contribution in [3.8, 4) is 0 Å². The van der Waals surface area contributed by atoms with Gasteiger partial charge in [-0.05, 0) is 12.0 Å². The molecule has 2 rings (SSSR count). The molecule has 3 nitrogen and oxygen atoms in total. The third-order valence-corrected chi connectivity index (χ3v) is 2.85. The maximum atomic E-state index is 11.7. The molecule has 1 N–H and O–H groups in total. The van der Waals surface area contributed by atoms with Gasteiger partial charge in [0, 0.05) is 13.1 Å². The van der Waals surface area contributed by atoms with Crippen LogP contribution in [0.2, 0.25) is 0 Å². The minimum absolute atomic E-state index is 0.0237. The van der Waals surface area contributed by atoms with E-state index in [9.17, 15) is 4.79 Å². The quantitative estimate of drug-likeness (QED) is 0.800. The van der Waals surface area contributed by atoms with Gasteiger partial charge in [-0.1, -0.05) is 30.3 Å². The molecule has 1 aromatic carbocycles. The van der Waals surface area contributed by atoms with Crippen molar-refractivity contribution in [3.05, 3.63) is 35.9 Å². The van der Waals surface area contributed by atoms with E-state index in [0.717, 1.165) is 18.5 Å². The Morgan fingerprint density at radius 2 is 2.07 bits per heavy atom. The van der Waals surface area contributed by atoms with Gasteiger partial charge in [-0.3, -0.25) is 4.79 Å². The van der Waals surface area contributed by atoms with Gasteiger partial charge in [0.15, 0.2) is 0 Å². The lowest BCUT2D eigenvalue weighted by molar-refractivity contribution is -0.132. The van der Waals surface area contributed by atoms with Crippen molar-refractivity contribution in [2.45, 2.75) is 13.0 Å². The third kappa shape index (κ3) is 2.18. The number of amides is 1. The number of rotatable bonds is 3. The maximum absolute atomic E-state index is 11.7. The molecule has 0 radical (unpaired) electrons. The van der Waals surface area contributed by atoms with Crippen LogP contribution >= 0.6 is 0 Å². The molecule has 1 aliphatic heterocycles. The average Bonchev–Trinajstić information content (AvgIpc) is 2.62. The van der Waals surface area contributed by atoms with E-state index in [-0.39, 0.29) is 18.4 Å². The fourth-order valence-corrected chi connectivity index (χ4v) is 1.93. The van der Waals surface area contributed by atoms with Crippen LogP contribution in [0.1, 0.15) is 12.0 Å². The van der Waals surface area contributed by atoms with Gasteiger partial charge >= 0.3 is 0 Å². The van der Waals surface area contributed by atoms with Crippen LogP contribution in [0.5, 0.6) is 0 Å². The summed E-state index contributed by atoms with van der Waals surface area (Å²) < 4.78 is 0. The first-order valence-corrected chi connectivity index (χ1v) is 5.25. The predicted octanol–water partition coefficient (Wildman–Crippen LogP) is 1.03. The lowest BCUT2D eigenvalue weighted by Gasteiger charge is -2.16. The zero-order valence-electron chi connectivity index (χ0n) is 8.60. The summed E-state index contributed by atoms with van der Waals surface area (Å²) in [5.74, 6) is -0.0879. The Morgan fingerprint density at radius 1 is 1.33 bits per heavy atom. The number of benzene rings is 1. The molecule has 15 heavy (non-hydrogen) atoms. The monoisotopic (exact) mass is 205 g/mol. The number of hydrogen-bond acceptors (Lipinski definition) is 2. The largest absolute Gasteiger partial charge is 0.396 e. The number of hydrogen-bond donors (Lipinski definition) is 1. The summed E-state index contributed by atoms with van der Waals surface area (Å²) >= 11 is 0. The summed E-state index contributed by atoms with van der Waals surface area (Å²) in [5, 5.41) is 8.97. The minimum atomic E-state index is -0.172. The number of aliphatic hydroxyl groups excluding tert-OH is 1. The van der Waals surface area contributed by atoms with Crippen molar-refractivity contribution in [3.63, 3.8) is 0 Å². The van der Waals surface area contributed by atoms with Crippen LogP contribution < -0.4 is 0 Å². The van der Waals surface area contributed by atoms with E-state index in [1.165, 1.54) is 0 Å². The second-order valence-electron chi connectivity index (χ2n) is 3.91. The number of carbonyl (C=O) groups is 1. The van der Waals surface area contributed by atoms with Crippen molar-refractivity contribution in [1.29, 1.82) is 0 Å². The molecule has 1 heterocycles. The Morgan fingerprint density at radius 3 is 2.67 bits per heavy atom. The molecule has 0 aromatic heterocycles. The van der Waals surface area contributed by atoms with E-state index < -0.39 is 0 Å². The van der Waals surface area contributed by atoms with Crippen LogP contribution in [-0.4, -0.2) is 29.1 Å². The van der Waals surface area contributed by atoms with Crippen molar-refractivity contribution >= 4 is 5.91 Å². The van der Waals surface area contributed by atoms with E-state index in [0.29, 0.717) is 6.54 Å².